The third kappa shape index (κ3) is 5.18. The van der Waals surface area contributed by atoms with Gasteiger partial charge in [0, 0.05) is 29.7 Å². The summed E-state index contributed by atoms with van der Waals surface area (Å²) in [5.41, 5.74) is 1.07. The lowest BCUT2D eigenvalue weighted by molar-refractivity contribution is -0.137. The van der Waals surface area contributed by atoms with Gasteiger partial charge in [-0.1, -0.05) is 6.07 Å². The molecular weight excluding hydrogens is 387 g/mol. The SMILES string of the molecule is Cc1ccc(C(F)(F)F)cc1Nc1cc(-c2cccnc2)nc(NCC(=O)O)n1. The van der Waals surface area contributed by atoms with Gasteiger partial charge in [0.05, 0.1) is 11.3 Å². The van der Waals surface area contributed by atoms with Gasteiger partial charge in [-0.15, -0.1) is 0 Å². The van der Waals surface area contributed by atoms with E-state index in [1.165, 1.54) is 6.07 Å². The molecule has 2 heterocycles. The van der Waals surface area contributed by atoms with Crippen molar-refractivity contribution in [3.63, 3.8) is 0 Å². The molecule has 2 aromatic heterocycles. The van der Waals surface area contributed by atoms with Crippen LogP contribution in [0.25, 0.3) is 11.3 Å². The first-order chi connectivity index (χ1) is 13.7. The third-order valence-electron chi connectivity index (χ3n) is 3.91. The molecule has 0 saturated carbocycles. The monoisotopic (exact) mass is 403 g/mol. The average molecular weight is 403 g/mol. The molecule has 0 saturated heterocycles. The lowest BCUT2D eigenvalue weighted by Crippen LogP contribution is -2.15. The van der Waals surface area contributed by atoms with Crippen LogP contribution in [0.4, 0.5) is 30.6 Å². The van der Waals surface area contributed by atoms with Crippen LogP contribution in [0.15, 0.2) is 48.8 Å². The van der Waals surface area contributed by atoms with E-state index in [1.807, 2.05) is 0 Å². The standard InChI is InChI=1S/C19H16F3N5O2/c1-11-4-5-13(19(20,21)22)7-14(11)25-16-8-15(12-3-2-6-23-9-12)26-18(27-16)24-10-17(28)29/h2-9H,10H2,1H3,(H,28,29)(H2,24,25,26,27). The zero-order valence-electron chi connectivity index (χ0n) is 15.2. The van der Waals surface area contributed by atoms with Gasteiger partial charge in [0.15, 0.2) is 0 Å². The number of aromatic nitrogens is 3. The van der Waals surface area contributed by atoms with Gasteiger partial charge in [0.2, 0.25) is 5.95 Å². The van der Waals surface area contributed by atoms with E-state index >= 15 is 0 Å². The van der Waals surface area contributed by atoms with Crippen molar-refractivity contribution in [1.82, 2.24) is 15.0 Å². The number of halogens is 3. The molecule has 7 nitrogen and oxygen atoms in total. The number of rotatable bonds is 6. The van der Waals surface area contributed by atoms with Crippen molar-refractivity contribution in [1.29, 1.82) is 0 Å². The number of anilines is 3. The lowest BCUT2D eigenvalue weighted by atomic mass is 10.1. The van der Waals surface area contributed by atoms with Crippen LogP contribution in [0.5, 0.6) is 0 Å². The number of pyridine rings is 1. The van der Waals surface area contributed by atoms with Crippen molar-refractivity contribution >= 4 is 23.4 Å². The van der Waals surface area contributed by atoms with Gasteiger partial charge in [-0.2, -0.15) is 18.2 Å². The topological polar surface area (TPSA) is 100 Å². The van der Waals surface area contributed by atoms with Crippen LogP contribution in [0, 0.1) is 6.92 Å². The summed E-state index contributed by atoms with van der Waals surface area (Å²) in [5.74, 6) is -0.890. The molecule has 0 aliphatic carbocycles. The zero-order chi connectivity index (χ0) is 21.0. The average Bonchev–Trinajstić information content (AvgIpc) is 2.68. The van der Waals surface area contributed by atoms with Gasteiger partial charge < -0.3 is 15.7 Å². The Balaban J connectivity index is 2.00. The normalized spacial score (nSPS) is 11.2. The fourth-order valence-electron chi connectivity index (χ4n) is 2.48. The number of hydrogen-bond acceptors (Lipinski definition) is 6. The number of nitrogens with zero attached hydrogens (tertiary/aromatic N) is 3. The van der Waals surface area contributed by atoms with Gasteiger partial charge in [0.25, 0.3) is 0 Å². The van der Waals surface area contributed by atoms with Gasteiger partial charge in [-0.05, 0) is 36.8 Å². The molecule has 0 aliphatic heterocycles. The summed E-state index contributed by atoms with van der Waals surface area (Å²) in [7, 11) is 0. The molecule has 1 aromatic carbocycles. The minimum atomic E-state index is -4.48. The van der Waals surface area contributed by atoms with Gasteiger partial charge in [-0.25, -0.2) is 4.98 Å². The Labute approximate surface area is 163 Å². The second-order valence-corrected chi connectivity index (χ2v) is 6.10. The molecule has 3 rings (SSSR count). The molecule has 0 amide bonds. The summed E-state index contributed by atoms with van der Waals surface area (Å²) in [6.45, 7) is 1.24. The fraction of sp³-hybridized carbons (Fsp3) is 0.158. The highest BCUT2D eigenvalue weighted by Crippen LogP contribution is 2.33. The van der Waals surface area contributed by atoms with E-state index in [0.717, 1.165) is 12.1 Å². The van der Waals surface area contributed by atoms with E-state index in [2.05, 4.69) is 25.6 Å². The first kappa shape index (κ1) is 20.1. The van der Waals surface area contributed by atoms with Crippen LogP contribution in [0.3, 0.4) is 0 Å². The molecule has 0 unspecified atom stereocenters. The maximum Gasteiger partial charge on any atom is 0.416 e. The Bertz CT molecular complexity index is 1030. The molecule has 0 fully saturated rings. The Kier molecular flexibility index (Phi) is 5.62. The highest BCUT2D eigenvalue weighted by atomic mass is 19.4. The summed E-state index contributed by atoms with van der Waals surface area (Å²) in [6, 6.07) is 8.34. The number of nitrogens with one attached hydrogen (secondary N) is 2. The van der Waals surface area contributed by atoms with E-state index in [9.17, 15) is 18.0 Å². The summed E-state index contributed by atoms with van der Waals surface area (Å²) < 4.78 is 39.1. The molecule has 0 radical (unpaired) electrons. The summed E-state index contributed by atoms with van der Waals surface area (Å²) in [5, 5.41) is 14.3. The maximum absolute atomic E-state index is 13.0. The predicted molar refractivity (Wildman–Crippen MR) is 101 cm³/mol. The molecule has 3 N–H and O–H groups in total. The number of carboxylic acids is 1. The lowest BCUT2D eigenvalue weighted by Gasteiger charge is -2.14. The Hall–Kier alpha value is -3.69. The molecule has 10 heteroatoms. The number of hydrogen-bond donors (Lipinski definition) is 3. The number of aryl methyl sites for hydroxylation is 1. The van der Waals surface area contributed by atoms with Gasteiger partial charge in [0.1, 0.15) is 12.4 Å². The number of carboxylic acid groups (broad SMARTS) is 1. The van der Waals surface area contributed by atoms with E-state index in [-0.39, 0.29) is 17.5 Å². The molecule has 3 aromatic rings. The van der Waals surface area contributed by atoms with Crippen molar-refractivity contribution in [3.05, 3.63) is 59.9 Å². The molecule has 0 bridgehead atoms. The quantitative estimate of drug-likeness (QED) is 0.570. The van der Waals surface area contributed by atoms with Crippen LogP contribution in [-0.2, 0) is 11.0 Å². The molecule has 0 atom stereocenters. The molecule has 150 valence electrons. The summed E-state index contributed by atoms with van der Waals surface area (Å²) in [4.78, 5) is 23.3. The second-order valence-electron chi connectivity index (χ2n) is 6.10. The van der Waals surface area contributed by atoms with E-state index in [1.54, 1.807) is 37.5 Å². The highest BCUT2D eigenvalue weighted by Gasteiger charge is 2.30. The summed E-state index contributed by atoms with van der Waals surface area (Å²) in [6.07, 6.45) is -1.34. The minimum absolute atomic E-state index is 0.0147. The van der Waals surface area contributed by atoms with Crippen LogP contribution in [-0.4, -0.2) is 32.6 Å². The smallest absolute Gasteiger partial charge is 0.416 e. The Morgan fingerprint density at radius 1 is 1.17 bits per heavy atom. The molecule has 0 aliphatic rings. The summed E-state index contributed by atoms with van der Waals surface area (Å²) >= 11 is 0. The predicted octanol–water partition coefficient (Wildman–Crippen LogP) is 4.11. The van der Waals surface area contributed by atoms with E-state index < -0.39 is 24.3 Å². The molecule has 0 spiro atoms. The third-order valence-corrected chi connectivity index (χ3v) is 3.91. The minimum Gasteiger partial charge on any atom is -0.480 e. The Morgan fingerprint density at radius 2 is 1.97 bits per heavy atom. The van der Waals surface area contributed by atoms with Crippen molar-refractivity contribution in [3.8, 4) is 11.3 Å². The fourth-order valence-corrected chi connectivity index (χ4v) is 2.48. The highest BCUT2D eigenvalue weighted by molar-refractivity contribution is 5.73. The van der Waals surface area contributed by atoms with E-state index in [4.69, 9.17) is 5.11 Å². The molecular formula is C19H16F3N5O2. The largest absolute Gasteiger partial charge is 0.480 e. The number of alkyl halides is 3. The second kappa shape index (κ2) is 8.13. The molecule has 29 heavy (non-hydrogen) atoms. The van der Waals surface area contributed by atoms with Crippen molar-refractivity contribution in [2.24, 2.45) is 0 Å². The van der Waals surface area contributed by atoms with Gasteiger partial charge >= 0.3 is 12.1 Å². The van der Waals surface area contributed by atoms with Crippen molar-refractivity contribution < 1.29 is 23.1 Å². The van der Waals surface area contributed by atoms with E-state index in [0.29, 0.717) is 16.8 Å². The number of benzene rings is 1. The zero-order valence-corrected chi connectivity index (χ0v) is 15.2. The van der Waals surface area contributed by atoms with Crippen LogP contribution in [0.2, 0.25) is 0 Å². The van der Waals surface area contributed by atoms with Crippen molar-refractivity contribution in [2.75, 3.05) is 17.2 Å². The number of aliphatic carboxylic acids is 1. The first-order valence-electron chi connectivity index (χ1n) is 8.42. The van der Waals surface area contributed by atoms with Gasteiger partial charge in [-0.3, -0.25) is 9.78 Å². The van der Waals surface area contributed by atoms with Crippen LogP contribution >= 0.6 is 0 Å². The number of carbonyl (C=O) groups is 1. The van der Waals surface area contributed by atoms with Crippen LogP contribution < -0.4 is 10.6 Å². The van der Waals surface area contributed by atoms with Crippen LogP contribution in [0.1, 0.15) is 11.1 Å². The maximum atomic E-state index is 13.0. The Morgan fingerprint density at radius 3 is 2.62 bits per heavy atom. The first-order valence-corrected chi connectivity index (χ1v) is 8.42. The van der Waals surface area contributed by atoms with Crippen molar-refractivity contribution in [2.45, 2.75) is 13.1 Å².